The summed E-state index contributed by atoms with van der Waals surface area (Å²) in [6, 6.07) is 6.35. The Balaban J connectivity index is 2.01. The van der Waals surface area contributed by atoms with E-state index in [0.29, 0.717) is 18.7 Å². The largest absolute Gasteiger partial charge is 0.387 e. The zero-order chi connectivity index (χ0) is 14.5. The number of aromatic nitrogens is 2. The Hall–Kier alpha value is -1.72. The van der Waals surface area contributed by atoms with Crippen LogP contribution in [0, 0.1) is 5.82 Å². The molecule has 1 unspecified atom stereocenters. The van der Waals surface area contributed by atoms with Gasteiger partial charge < -0.3 is 5.11 Å². The van der Waals surface area contributed by atoms with Crippen LogP contribution in [-0.2, 0) is 13.6 Å². The second-order valence-electron chi connectivity index (χ2n) is 4.89. The molecule has 0 aliphatic carbocycles. The summed E-state index contributed by atoms with van der Waals surface area (Å²) in [7, 11) is 1.87. The van der Waals surface area contributed by atoms with Crippen LogP contribution in [0.2, 0.25) is 0 Å². The van der Waals surface area contributed by atoms with Crippen molar-refractivity contribution in [2.45, 2.75) is 19.6 Å². The standard InChI is InChI=1S/C15H20FN3O/c1-3-19(10-12-8-17-18(2)9-12)11-15(20)13-6-4-5-7-14(13)16/h4-9,15,20H,3,10-11H2,1-2H3. The third-order valence-electron chi connectivity index (χ3n) is 3.31. The molecular weight excluding hydrogens is 257 g/mol. The van der Waals surface area contributed by atoms with Crippen LogP contribution < -0.4 is 0 Å². The summed E-state index contributed by atoms with van der Waals surface area (Å²) >= 11 is 0. The van der Waals surface area contributed by atoms with Gasteiger partial charge in [0, 0.05) is 37.5 Å². The lowest BCUT2D eigenvalue weighted by molar-refractivity contribution is 0.109. The first-order chi connectivity index (χ1) is 9.60. The van der Waals surface area contributed by atoms with Gasteiger partial charge in [0.05, 0.1) is 12.3 Å². The van der Waals surface area contributed by atoms with Crippen LogP contribution in [0.3, 0.4) is 0 Å². The van der Waals surface area contributed by atoms with E-state index >= 15 is 0 Å². The number of benzene rings is 1. The molecule has 0 spiro atoms. The van der Waals surface area contributed by atoms with Crippen molar-refractivity contribution in [1.29, 1.82) is 0 Å². The zero-order valence-corrected chi connectivity index (χ0v) is 11.8. The van der Waals surface area contributed by atoms with Gasteiger partial charge in [0.1, 0.15) is 5.82 Å². The van der Waals surface area contributed by atoms with Gasteiger partial charge in [-0.1, -0.05) is 25.1 Å². The van der Waals surface area contributed by atoms with Gasteiger partial charge in [-0.25, -0.2) is 4.39 Å². The Labute approximate surface area is 118 Å². The summed E-state index contributed by atoms with van der Waals surface area (Å²) in [5.74, 6) is -0.363. The zero-order valence-electron chi connectivity index (χ0n) is 11.8. The number of aliphatic hydroxyl groups excluding tert-OH is 1. The number of halogens is 1. The Morgan fingerprint density at radius 2 is 2.15 bits per heavy atom. The maximum Gasteiger partial charge on any atom is 0.129 e. The summed E-state index contributed by atoms with van der Waals surface area (Å²) in [5, 5.41) is 14.3. The highest BCUT2D eigenvalue weighted by atomic mass is 19.1. The molecule has 108 valence electrons. The van der Waals surface area contributed by atoms with Gasteiger partial charge in [0.2, 0.25) is 0 Å². The fourth-order valence-corrected chi connectivity index (χ4v) is 2.21. The van der Waals surface area contributed by atoms with Crippen molar-refractivity contribution < 1.29 is 9.50 Å². The molecule has 2 rings (SSSR count). The van der Waals surface area contributed by atoms with Crippen LogP contribution in [0.4, 0.5) is 4.39 Å². The van der Waals surface area contributed by atoms with Crippen molar-refractivity contribution in [3.05, 3.63) is 53.6 Å². The Bertz CT molecular complexity index is 556. The number of aliphatic hydroxyl groups is 1. The molecule has 5 heteroatoms. The molecule has 2 aromatic rings. The molecule has 1 heterocycles. The van der Waals surface area contributed by atoms with E-state index in [9.17, 15) is 9.50 Å². The predicted molar refractivity (Wildman–Crippen MR) is 75.5 cm³/mol. The molecule has 0 saturated heterocycles. The van der Waals surface area contributed by atoms with Crippen molar-refractivity contribution in [2.75, 3.05) is 13.1 Å². The van der Waals surface area contributed by atoms with Gasteiger partial charge in [0.15, 0.2) is 0 Å². The van der Waals surface area contributed by atoms with Gasteiger partial charge in [-0.3, -0.25) is 9.58 Å². The average molecular weight is 277 g/mol. The summed E-state index contributed by atoms with van der Waals surface area (Å²) < 4.78 is 15.4. The summed E-state index contributed by atoms with van der Waals surface area (Å²) in [5.41, 5.74) is 1.42. The normalized spacial score (nSPS) is 12.8. The van der Waals surface area contributed by atoms with Gasteiger partial charge in [-0.05, 0) is 12.6 Å². The first-order valence-corrected chi connectivity index (χ1v) is 6.72. The van der Waals surface area contributed by atoms with Crippen molar-refractivity contribution >= 4 is 0 Å². The molecule has 1 aromatic heterocycles. The number of hydrogen-bond donors (Lipinski definition) is 1. The predicted octanol–water partition coefficient (Wildman–Crippen LogP) is 2.11. The second-order valence-corrected chi connectivity index (χ2v) is 4.89. The molecule has 0 aliphatic heterocycles. The van der Waals surface area contributed by atoms with Crippen molar-refractivity contribution in [3.63, 3.8) is 0 Å². The molecule has 0 radical (unpaired) electrons. The third-order valence-corrected chi connectivity index (χ3v) is 3.31. The van der Waals surface area contributed by atoms with E-state index in [1.807, 2.05) is 20.2 Å². The maximum absolute atomic E-state index is 13.6. The minimum Gasteiger partial charge on any atom is -0.387 e. The van der Waals surface area contributed by atoms with E-state index in [4.69, 9.17) is 0 Å². The summed E-state index contributed by atoms with van der Waals surface area (Å²) in [6.07, 6.45) is 2.92. The van der Waals surface area contributed by atoms with E-state index in [0.717, 1.165) is 12.1 Å². The van der Waals surface area contributed by atoms with Gasteiger partial charge in [-0.2, -0.15) is 5.10 Å². The molecule has 1 atom stereocenters. The summed E-state index contributed by atoms with van der Waals surface area (Å²) in [6.45, 7) is 3.88. The molecule has 0 bridgehead atoms. The first kappa shape index (κ1) is 14.7. The monoisotopic (exact) mass is 277 g/mol. The van der Waals surface area contributed by atoms with E-state index in [1.54, 1.807) is 29.1 Å². The van der Waals surface area contributed by atoms with Crippen LogP contribution in [0.5, 0.6) is 0 Å². The molecule has 0 saturated carbocycles. The van der Waals surface area contributed by atoms with Gasteiger partial charge >= 0.3 is 0 Å². The molecule has 1 N–H and O–H groups in total. The maximum atomic E-state index is 13.6. The first-order valence-electron chi connectivity index (χ1n) is 6.72. The Morgan fingerprint density at radius 1 is 1.40 bits per heavy atom. The average Bonchev–Trinajstić information content (AvgIpc) is 2.83. The molecule has 20 heavy (non-hydrogen) atoms. The smallest absolute Gasteiger partial charge is 0.129 e. The minimum absolute atomic E-state index is 0.345. The van der Waals surface area contributed by atoms with E-state index in [1.165, 1.54) is 6.07 Å². The van der Waals surface area contributed by atoms with Crippen LogP contribution in [-0.4, -0.2) is 32.9 Å². The van der Waals surface area contributed by atoms with Crippen LogP contribution in [0.15, 0.2) is 36.7 Å². The van der Waals surface area contributed by atoms with Crippen LogP contribution in [0.1, 0.15) is 24.2 Å². The fraction of sp³-hybridized carbons (Fsp3) is 0.400. The molecule has 1 aromatic carbocycles. The summed E-state index contributed by atoms with van der Waals surface area (Å²) in [4.78, 5) is 2.06. The Kier molecular flexibility index (Phi) is 4.87. The SMILES string of the molecule is CCN(Cc1cnn(C)c1)CC(O)c1ccccc1F. The highest BCUT2D eigenvalue weighted by Crippen LogP contribution is 2.18. The molecule has 4 nitrogen and oxygen atoms in total. The fourth-order valence-electron chi connectivity index (χ4n) is 2.21. The number of likely N-dealkylation sites (N-methyl/N-ethyl adjacent to an activating group) is 1. The molecular formula is C15H20FN3O. The van der Waals surface area contributed by atoms with Crippen molar-refractivity contribution in [2.24, 2.45) is 7.05 Å². The number of hydrogen-bond acceptors (Lipinski definition) is 3. The van der Waals surface area contributed by atoms with E-state index in [2.05, 4.69) is 10.00 Å². The number of nitrogens with zero attached hydrogens (tertiary/aromatic N) is 3. The van der Waals surface area contributed by atoms with Gasteiger partial charge in [0.25, 0.3) is 0 Å². The molecule has 0 amide bonds. The highest BCUT2D eigenvalue weighted by molar-refractivity contribution is 5.20. The molecule has 0 fully saturated rings. The topological polar surface area (TPSA) is 41.3 Å². The lowest BCUT2D eigenvalue weighted by Crippen LogP contribution is -2.28. The lowest BCUT2D eigenvalue weighted by Gasteiger charge is -2.23. The minimum atomic E-state index is -0.826. The van der Waals surface area contributed by atoms with E-state index < -0.39 is 6.10 Å². The quantitative estimate of drug-likeness (QED) is 0.879. The van der Waals surface area contributed by atoms with Crippen molar-refractivity contribution in [1.82, 2.24) is 14.7 Å². The van der Waals surface area contributed by atoms with Crippen LogP contribution >= 0.6 is 0 Å². The van der Waals surface area contributed by atoms with Crippen molar-refractivity contribution in [3.8, 4) is 0 Å². The van der Waals surface area contributed by atoms with E-state index in [-0.39, 0.29) is 5.82 Å². The number of rotatable bonds is 6. The highest BCUT2D eigenvalue weighted by Gasteiger charge is 2.16. The number of aryl methyl sites for hydroxylation is 1. The van der Waals surface area contributed by atoms with Crippen LogP contribution in [0.25, 0.3) is 0 Å². The molecule has 0 aliphatic rings. The van der Waals surface area contributed by atoms with Gasteiger partial charge in [-0.15, -0.1) is 0 Å². The lowest BCUT2D eigenvalue weighted by atomic mass is 10.1. The second kappa shape index (κ2) is 6.63. The Morgan fingerprint density at radius 3 is 2.75 bits per heavy atom. The third kappa shape index (κ3) is 3.65.